The van der Waals surface area contributed by atoms with Crippen molar-refractivity contribution in [2.45, 2.75) is 71.4 Å². The van der Waals surface area contributed by atoms with E-state index in [1.807, 2.05) is 58.9 Å². The van der Waals surface area contributed by atoms with E-state index in [1.165, 1.54) is 4.90 Å². The summed E-state index contributed by atoms with van der Waals surface area (Å²) in [4.78, 5) is 29.1. The van der Waals surface area contributed by atoms with Gasteiger partial charge in [-0.3, -0.25) is 13.9 Å². The number of sulfonamides is 1. The monoisotopic (exact) mass is 593 g/mol. The van der Waals surface area contributed by atoms with E-state index in [2.05, 4.69) is 5.32 Å². The topological polar surface area (TPSA) is 96.0 Å². The van der Waals surface area contributed by atoms with Crippen molar-refractivity contribution >= 4 is 27.5 Å². The number of ether oxygens (including phenoxy) is 1. The van der Waals surface area contributed by atoms with Crippen LogP contribution >= 0.6 is 0 Å². The fourth-order valence-electron chi connectivity index (χ4n) is 4.64. The van der Waals surface area contributed by atoms with Crippen LogP contribution in [0.1, 0.15) is 55.4 Å². The SMILES string of the molecule is CCCCNC(=O)[C@H](CC)N(Cc1cccc(OC)c1)C(=O)CN(c1ccc(C)c(C)c1)S(=O)(=O)c1ccc(C)cc1. The molecule has 0 aliphatic carbocycles. The zero-order valence-electron chi connectivity index (χ0n) is 25.5. The number of nitrogens with one attached hydrogen (secondary N) is 1. The molecule has 3 aromatic carbocycles. The molecule has 0 heterocycles. The highest BCUT2D eigenvalue weighted by atomic mass is 32.2. The third kappa shape index (κ3) is 8.12. The van der Waals surface area contributed by atoms with Gasteiger partial charge in [0.1, 0.15) is 18.3 Å². The number of amides is 2. The van der Waals surface area contributed by atoms with Crippen LogP contribution in [-0.4, -0.2) is 51.4 Å². The highest BCUT2D eigenvalue weighted by Crippen LogP contribution is 2.27. The largest absolute Gasteiger partial charge is 0.497 e. The summed E-state index contributed by atoms with van der Waals surface area (Å²) >= 11 is 0. The first-order valence-corrected chi connectivity index (χ1v) is 15.8. The summed E-state index contributed by atoms with van der Waals surface area (Å²) in [5, 5.41) is 2.95. The predicted molar refractivity (Wildman–Crippen MR) is 167 cm³/mol. The number of benzene rings is 3. The lowest BCUT2D eigenvalue weighted by atomic mass is 10.1. The second-order valence-electron chi connectivity index (χ2n) is 10.5. The van der Waals surface area contributed by atoms with Crippen molar-refractivity contribution in [1.29, 1.82) is 0 Å². The first-order valence-electron chi connectivity index (χ1n) is 14.4. The molecule has 1 N–H and O–H groups in total. The average molecular weight is 594 g/mol. The molecule has 0 radical (unpaired) electrons. The Hall–Kier alpha value is -3.85. The van der Waals surface area contributed by atoms with Gasteiger partial charge in [0.05, 0.1) is 17.7 Å². The third-order valence-electron chi connectivity index (χ3n) is 7.37. The molecular formula is C33H43N3O5S. The number of hydrogen-bond acceptors (Lipinski definition) is 5. The summed E-state index contributed by atoms with van der Waals surface area (Å²) in [5.41, 5.74) is 3.98. The minimum Gasteiger partial charge on any atom is -0.497 e. The Labute approximate surface area is 250 Å². The maximum absolute atomic E-state index is 14.2. The van der Waals surface area contributed by atoms with Gasteiger partial charge in [-0.15, -0.1) is 0 Å². The van der Waals surface area contributed by atoms with Gasteiger partial charge >= 0.3 is 0 Å². The molecule has 8 nitrogen and oxygen atoms in total. The van der Waals surface area contributed by atoms with E-state index in [0.717, 1.165) is 39.4 Å². The van der Waals surface area contributed by atoms with Crippen molar-refractivity contribution in [3.63, 3.8) is 0 Å². The number of methoxy groups -OCH3 is 1. The minimum absolute atomic E-state index is 0.0859. The first kappa shape index (κ1) is 32.7. The highest BCUT2D eigenvalue weighted by Gasteiger charge is 2.33. The molecule has 42 heavy (non-hydrogen) atoms. The Morgan fingerprint density at radius 3 is 2.26 bits per heavy atom. The van der Waals surface area contributed by atoms with E-state index in [1.54, 1.807) is 49.6 Å². The zero-order chi connectivity index (χ0) is 30.9. The van der Waals surface area contributed by atoms with E-state index >= 15 is 0 Å². The van der Waals surface area contributed by atoms with Crippen LogP contribution in [0, 0.1) is 20.8 Å². The van der Waals surface area contributed by atoms with Crippen LogP contribution in [-0.2, 0) is 26.2 Å². The summed E-state index contributed by atoms with van der Waals surface area (Å²) in [6, 6.07) is 18.4. The van der Waals surface area contributed by atoms with Gasteiger partial charge in [0.25, 0.3) is 10.0 Å². The highest BCUT2D eigenvalue weighted by molar-refractivity contribution is 7.92. The van der Waals surface area contributed by atoms with Gasteiger partial charge in [0, 0.05) is 13.1 Å². The molecule has 9 heteroatoms. The fourth-order valence-corrected chi connectivity index (χ4v) is 6.05. The molecule has 1 atom stereocenters. The van der Waals surface area contributed by atoms with Crippen LogP contribution < -0.4 is 14.4 Å². The number of carbonyl (C=O) groups is 2. The number of carbonyl (C=O) groups excluding carboxylic acids is 2. The van der Waals surface area contributed by atoms with Gasteiger partial charge < -0.3 is 15.0 Å². The number of rotatable bonds is 14. The fraction of sp³-hybridized carbons (Fsp3) is 0.394. The summed E-state index contributed by atoms with van der Waals surface area (Å²) in [7, 11) is -2.55. The molecule has 0 saturated carbocycles. The Morgan fingerprint density at radius 2 is 1.64 bits per heavy atom. The van der Waals surface area contributed by atoms with E-state index in [-0.39, 0.29) is 17.3 Å². The van der Waals surface area contributed by atoms with Gasteiger partial charge in [0.2, 0.25) is 11.8 Å². The second kappa shape index (κ2) is 14.9. The summed E-state index contributed by atoms with van der Waals surface area (Å²) < 4.78 is 34.6. The Morgan fingerprint density at radius 1 is 0.929 bits per heavy atom. The Kier molecular flexibility index (Phi) is 11.6. The van der Waals surface area contributed by atoms with E-state index < -0.39 is 28.5 Å². The van der Waals surface area contributed by atoms with Gasteiger partial charge in [-0.2, -0.15) is 0 Å². The normalized spacial score (nSPS) is 12.0. The standard InChI is InChI=1S/C33H43N3O5S/c1-7-9-19-34-33(38)31(8-2)35(22-27-11-10-12-29(21-27)41-6)32(37)23-36(28-16-15-25(4)26(5)20-28)42(39,40)30-17-13-24(3)14-18-30/h10-18,20-21,31H,7-9,19,22-23H2,1-6H3,(H,34,38)/t31-/m0/s1. The van der Waals surface area contributed by atoms with Gasteiger partial charge in [-0.1, -0.05) is 56.2 Å². The number of hydrogen-bond donors (Lipinski definition) is 1. The summed E-state index contributed by atoms with van der Waals surface area (Å²) in [5.74, 6) is -0.121. The van der Waals surface area contributed by atoms with E-state index in [0.29, 0.717) is 24.4 Å². The van der Waals surface area contributed by atoms with Crippen molar-refractivity contribution in [3.8, 4) is 5.75 Å². The zero-order valence-corrected chi connectivity index (χ0v) is 26.3. The van der Waals surface area contributed by atoms with Crippen molar-refractivity contribution in [2.75, 3.05) is 24.5 Å². The van der Waals surface area contributed by atoms with E-state index in [9.17, 15) is 18.0 Å². The molecule has 2 amide bonds. The predicted octanol–water partition coefficient (Wildman–Crippen LogP) is 5.54. The lowest BCUT2D eigenvalue weighted by molar-refractivity contribution is -0.140. The number of aryl methyl sites for hydroxylation is 3. The molecule has 3 aromatic rings. The van der Waals surface area contributed by atoms with Crippen molar-refractivity contribution in [1.82, 2.24) is 10.2 Å². The lowest BCUT2D eigenvalue weighted by Crippen LogP contribution is -2.52. The molecule has 0 saturated heterocycles. The maximum atomic E-state index is 14.2. The molecule has 3 rings (SSSR count). The van der Waals surface area contributed by atoms with Crippen LogP contribution in [0.5, 0.6) is 5.75 Å². The van der Waals surface area contributed by atoms with Crippen LogP contribution in [0.25, 0.3) is 0 Å². The Balaban J connectivity index is 2.07. The number of nitrogens with zero attached hydrogens (tertiary/aromatic N) is 2. The quantitative estimate of drug-likeness (QED) is 0.248. The molecule has 0 spiro atoms. The number of unbranched alkanes of at least 4 members (excludes halogenated alkanes) is 1. The molecule has 0 unspecified atom stereocenters. The molecule has 0 aliphatic heterocycles. The van der Waals surface area contributed by atoms with Crippen molar-refractivity contribution in [3.05, 3.63) is 89.0 Å². The van der Waals surface area contributed by atoms with Crippen LogP contribution in [0.4, 0.5) is 5.69 Å². The minimum atomic E-state index is -4.12. The van der Waals surface area contributed by atoms with E-state index in [4.69, 9.17) is 4.74 Å². The Bertz CT molecular complexity index is 1470. The molecule has 226 valence electrons. The summed E-state index contributed by atoms with van der Waals surface area (Å²) in [6.07, 6.45) is 2.11. The van der Waals surface area contributed by atoms with Crippen molar-refractivity contribution in [2.24, 2.45) is 0 Å². The second-order valence-corrected chi connectivity index (χ2v) is 12.4. The smallest absolute Gasteiger partial charge is 0.264 e. The molecule has 0 aliphatic rings. The maximum Gasteiger partial charge on any atom is 0.264 e. The number of anilines is 1. The van der Waals surface area contributed by atoms with Crippen molar-refractivity contribution < 1.29 is 22.7 Å². The lowest BCUT2D eigenvalue weighted by Gasteiger charge is -2.33. The van der Waals surface area contributed by atoms with Crippen LogP contribution in [0.2, 0.25) is 0 Å². The third-order valence-corrected chi connectivity index (χ3v) is 9.16. The van der Waals surface area contributed by atoms with Gasteiger partial charge in [-0.05, 0) is 86.7 Å². The van der Waals surface area contributed by atoms with Crippen LogP contribution in [0.3, 0.4) is 0 Å². The molecular weight excluding hydrogens is 550 g/mol. The van der Waals surface area contributed by atoms with Crippen LogP contribution in [0.15, 0.2) is 71.6 Å². The molecule has 0 aromatic heterocycles. The van der Waals surface area contributed by atoms with Gasteiger partial charge in [-0.25, -0.2) is 8.42 Å². The first-order chi connectivity index (χ1) is 20.0. The molecule has 0 fully saturated rings. The summed E-state index contributed by atoms with van der Waals surface area (Å²) in [6.45, 7) is 9.76. The van der Waals surface area contributed by atoms with Gasteiger partial charge in [0.15, 0.2) is 0 Å². The molecule has 0 bridgehead atoms. The average Bonchev–Trinajstić information content (AvgIpc) is 2.97.